The summed E-state index contributed by atoms with van der Waals surface area (Å²) in [6.07, 6.45) is -19.7. The van der Waals surface area contributed by atoms with E-state index in [1.165, 1.54) is 4.90 Å². The number of halogens is 6. The van der Waals surface area contributed by atoms with Gasteiger partial charge in [0.15, 0.2) is 24.5 Å². The maximum atomic E-state index is 13.5. The molecule has 0 saturated carbocycles. The average Bonchev–Trinajstić information content (AvgIpc) is 3.25. The number of rotatable bonds is 7. The predicted octanol–water partition coefficient (Wildman–Crippen LogP) is 2.44. The molecule has 0 unspecified atom stereocenters. The number of hydrogen-bond donors (Lipinski definition) is 1. The predicted molar refractivity (Wildman–Crippen MR) is 125 cm³/mol. The van der Waals surface area contributed by atoms with E-state index >= 15 is 0 Å². The molecule has 2 aliphatic heterocycles. The van der Waals surface area contributed by atoms with Crippen LogP contribution in [0.3, 0.4) is 0 Å². The van der Waals surface area contributed by atoms with E-state index in [2.05, 4.69) is 0 Å². The molecule has 0 amide bonds. The molecule has 5 atom stereocenters. The van der Waals surface area contributed by atoms with Gasteiger partial charge in [-0.05, 0) is 18.1 Å². The molecule has 2 aliphatic rings. The van der Waals surface area contributed by atoms with Crippen LogP contribution in [-0.2, 0) is 54.9 Å². The molecule has 1 aromatic carbocycles. The first-order valence-electron chi connectivity index (χ1n) is 12.3. The van der Waals surface area contributed by atoms with Crippen molar-refractivity contribution in [2.45, 2.75) is 82.7 Å². The number of benzene rings is 1. The van der Waals surface area contributed by atoms with Crippen LogP contribution in [-0.4, -0.2) is 85.1 Å². The minimum absolute atomic E-state index is 0.0475. The second-order valence-corrected chi connectivity index (χ2v) is 9.58. The topological polar surface area (TPSA) is 138 Å². The number of carbonyl (C=O) groups is 4. The molecular weight excluding hydrogens is 588 g/mol. The van der Waals surface area contributed by atoms with Crippen LogP contribution in [0.15, 0.2) is 18.2 Å². The number of ether oxygens (including phenoxy) is 5. The minimum atomic E-state index is -6.10. The zero-order valence-electron chi connectivity index (χ0n) is 22.6. The number of fused-ring (bicyclic) bond motifs is 1. The maximum absolute atomic E-state index is 13.5. The molecule has 234 valence electrons. The van der Waals surface area contributed by atoms with Gasteiger partial charge in [-0.1, -0.05) is 12.1 Å². The van der Waals surface area contributed by atoms with Gasteiger partial charge in [0.2, 0.25) is 0 Å². The van der Waals surface area contributed by atoms with Crippen LogP contribution in [0.2, 0.25) is 0 Å². The van der Waals surface area contributed by atoms with Crippen molar-refractivity contribution < 1.29 is 74.3 Å². The third-order valence-corrected chi connectivity index (χ3v) is 6.52. The summed E-state index contributed by atoms with van der Waals surface area (Å²) < 4.78 is 108. The average molecular weight is 615 g/mol. The van der Waals surface area contributed by atoms with Gasteiger partial charge in [0.25, 0.3) is 5.60 Å². The number of aliphatic hydroxyl groups is 1. The van der Waals surface area contributed by atoms with Crippen LogP contribution >= 0.6 is 0 Å². The van der Waals surface area contributed by atoms with Crippen molar-refractivity contribution in [3.05, 3.63) is 29.3 Å². The summed E-state index contributed by atoms with van der Waals surface area (Å²) >= 11 is 0. The SMILES string of the molecule is CC(=O)OC[C@H]1O[C@@H](N2CCc3cc(C(O)(C(F)(F)F)C(F)(F)F)ccc32)[C@@H](OC(C)=O)[C@@H](OC(C)=O)[C@@H]1OC(C)=O. The lowest BCUT2D eigenvalue weighted by Gasteiger charge is -2.47. The summed E-state index contributed by atoms with van der Waals surface area (Å²) in [4.78, 5) is 48.8. The monoisotopic (exact) mass is 615 g/mol. The Labute approximate surface area is 234 Å². The fourth-order valence-corrected chi connectivity index (χ4v) is 4.86. The molecular formula is C25H27F6NO10. The summed E-state index contributed by atoms with van der Waals surface area (Å²) in [6.45, 7) is 3.46. The number of hydrogen-bond acceptors (Lipinski definition) is 11. The van der Waals surface area contributed by atoms with Crippen LogP contribution in [0.5, 0.6) is 0 Å². The van der Waals surface area contributed by atoms with E-state index in [-0.39, 0.29) is 24.2 Å². The van der Waals surface area contributed by atoms with Crippen LogP contribution in [0.25, 0.3) is 0 Å². The Kier molecular flexibility index (Phi) is 9.36. The van der Waals surface area contributed by atoms with Crippen molar-refractivity contribution in [1.29, 1.82) is 0 Å². The van der Waals surface area contributed by atoms with Crippen molar-refractivity contribution in [3.8, 4) is 0 Å². The smallest absolute Gasteiger partial charge is 0.430 e. The molecule has 0 radical (unpaired) electrons. The lowest BCUT2D eigenvalue weighted by molar-refractivity contribution is -0.376. The number of esters is 4. The fraction of sp³-hybridized carbons (Fsp3) is 0.600. The van der Waals surface area contributed by atoms with Gasteiger partial charge in [0, 0.05) is 45.5 Å². The first-order valence-corrected chi connectivity index (χ1v) is 12.3. The lowest BCUT2D eigenvalue weighted by atomic mass is 9.90. The number of nitrogens with zero attached hydrogens (tertiary/aromatic N) is 1. The zero-order valence-corrected chi connectivity index (χ0v) is 22.6. The highest BCUT2D eigenvalue weighted by atomic mass is 19.4. The lowest BCUT2D eigenvalue weighted by Crippen LogP contribution is -2.66. The molecule has 3 rings (SSSR count). The Morgan fingerprint density at radius 2 is 1.38 bits per heavy atom. The number of carbonyl (C=O) groups excluding carboxylic acids is 4. The summed E-state index contributed by atoms with van der Waals surface area (Å²) in [7, 11) is 0. The van der Waals surface area contributed by atoms with E-state index < -0.39 is 84.6 Å². The van der Waals surface area contributed by atoms with E-state index in [4.69, 9.17) is 23.7 Å². The molecule has 1 saturated heterocycles. The van der Waals surface area contributed by atoms with E-state index in [1.807, 2.05) is 0 Å². The quantitative estimate of drug-likeness (QED) is 0.275. The molecule has 11 nitrogen and oxygen atoms in total. The molecule has 1 fully saturated rings. The zero-order chi connectivity index (χ0) is 31.8. The highest BCUT2D eigenvalue weighted by Crippen LogP contribution is 2.51. The van der Waals surface area contributed by atoms with E-state index in [1.54, 1.807) is 0 Å². The Balaban J connectivity index is 2.11. The van der Waals surface area contributed by atoms with Crippen LogP contribution in [0.1, 0.15) is 38.8 Å². The third-order valence-electron chi connectivity index (χ3n) is 6.52. The van der Waals surface area contributed by atoms with Crippen LogP contribution in [0, 0.1) is 0 Å². The van der Waals surface area contributed by atoms with Gasteiger partial charge in [-0.3, -0.25) is 19.2 Å². The van der Waals surface area contributed by atoms with Crippen LogP contribution in [0.4, 0.5) is 32.0 Å². The molecule has 1 aromatic rings. The Hall–Kier alpha value is -3.60. The molecule has 0 bridgehead atoms. The molecule has 0 aromatic heterocycles. The molecule has 0 spiro atoms. The van der Waals surface area contributed by atoms with Crippen molar-refractivity contribution in [2.75, 3.05) is 18.1 Å². The second kappa shape index (κ2) is 11.9. The summed E-state index contributed by atoms with van der Waals surface area (Å²) in [5, 5.41) is 9.82. The molecule has 42 heavy (non-hydrogen) atoms. The van der Waals surface area contributed by atoms with E-state index in [0.717, 1.165) is 33.8 Å². The third kappa shape index (κ3) is 6.56. The van der Waals surface area contributed by atoms with Crippen LogP contribution < -0.4 is 4.90 Å². The highest BCUT2D eigenvalue weighted by molar-refractivity contribution is 5.69. The van der Waals surface area contributed by atoms with Crippen molar-refractivity contribution in [2.24, 2.45) is 0 Å². The van der Waals surface area contributed by atoms with Gasteiger partial charge in [0.1, 0.15) is 12.7 Å². The summed E-state index contributed by atoms with van der Waals surface area (Å²) in [5.41, 5.74) is -6.63. The number of alkyl halides is 6. The van der Waals surface area contributed by atoms with Gasteiger partial charge in [-0.15, -0.1) is 0 Å². The Morgan fingerprint density at radius 3 is 1.88 bits per heavy atom. The summed E-state index contributed by atoms with van der Waals surface area (Å²) in [5.74, 6) is -3.43. The molecule has 17 heteroatoms. The van der Waals surface area contributed by atoms with Gasteiger partial charge < -0.3 is 33.7 Å². The van der Waals surface area contributed by atoms with E-state index in [9.17, 15) is 50.6 Å². The van der Waals surface area contributed by atoms with Crippen molar-refractivity contribution >= 4 is 29.6 Å². The van der Waals surface area contributed by atoms with Crippen molar-refractivity contribution in [1.82, 2.24) is 0 Å². The standard InChI is InChI=1S/C25H27F6NO10/c1-11(33)38-10-18-19(39-12(2)34)20(40-13(3)35)21(41-14(4)36)22(42-18)32-8-7-15-9-16(5-6-17(15)32)23(37,24(26,27)28)25(29,30)31/h5-6,9,18-22,37H,7-8,10H2,1-4H3/t18-,19-,20+,21+,22-/m1/s1. The minimum Gasteiger partial charge on any atom is -0.463 e. The second-order valence-electron chi connectivity index (χ2n) is 9.58. The van der Waals surface area contributed by atoms with Gasteiger partial charge >= 0.3 is 36.2 Å². The maximum Gasteiger partial charge on any atom is 0.430 e. The summed E-state index contributed by atoms with van der Waals surface area (Å²) in [6, 6.07) is 1.90. The highest BCUT2D eigenvalue weighted by Gasteiger charge is 2.71. The normalized spacial score (nSPS) is 24.5. The van der Waals surface area contributed by atoms with Gasteiger partial charge in [-0.25, -0.2) is 0 Å². The molecule has 0 aliphatic carbocycles. The molecule has 1 N–H and O–H groups in total. The largest absolute Gasteiger partial charge is 0.463 e. The Bertz CT molecular complexity index is 1210. The van der Waals surface area contributed by atoms with E-state index in [0.29, 0.717) is 12.1 Å². The fourth-order valence-electron chi connectivity index (χ4n) is 4.86. The first kappa shape index (κ1) is 32.9. The van der Waals surface area contributed by atoms with Gasteiger partial charge in [-0.2, -0.15) is 26.3 Å². The number of anilines is 1. The Morgan fingerprint density at radius 1 is 0.857 bits per heavy atom. The van der Waals surface area contributed by atoms with Gasteiger partial charge in [0.05, 0.1) is 0 Å². The molecule has 2 heterocycles. The first-order chi connectivity index (χ1) is 19.3. The van der Waals surface area contributed by atoms with Crippen molar-refractivity contribution in [3.63, 3.8) is 0 Å².